The van der Waals surface area contributed by atoms with Gasteiger partial charge in [-0.15, -0.1) is 11.3 Å². The van der Waals surface area contributed by atoms with Gasteiger partial charge in [0.2, 0.25) is 0 Å². The van der Waals surface area contributed by atoms with E-state index in [1.54, 1.807) is 11.3 Å². The number of hydrogen-bond acceptors (Lipinski definition) is 6. The van der Waals surface area contributed by atoms with Crippen LogP contribution in [-0.4, -0.2) is 44.4 Å². The van der Waals surface area contributed by atoms with Gasteiger partial charge in [0.25, 0.3) is 0 Å². The van der Waals surface area contributed by atoms with Crippen molar-refractivity contribution in [3.05, 3.63) is 10.6 Å². The number of carbonyl (C=O) groups excluding carboxylic acids is 1. The molecule has 20 heavy (non-hydrogen) atoms. The van der Waals surface area contributed by atoms with E-state index in [-0.39, 0.29) is 11.9 Å². The molecular weight excluding hydrogens is 276 g/mol. The Labute approximate surface area is 123 Å². The number of fused-ring (bicyclic) bond motifs is 1. The van der Waals surface area contributed by atoms with Gasteiger partial charge in [0, 0.05) is 25.1 Å². The summed E-state index contributed by atoms with van der Waals surface area (Å²) in [7, 11) is 2.01. The molecule has 1 heterocycles. The highest BCUT2D eigenvalue weighted by Gasteiger charge is 2.33. The quantitative estimate of drug-likeness (QED) is 0.570. The molecule has 5 nitrogen and oxygen atoms in total. The lowest BCUT2D eigenvalue weighted by molar-refractivity contribution is -0.145. The molecular formula is C14H22N2O3S. The third-order valence-electron chi connectivity index (χ3n) is 3.38. The molecule has 1 aliphatic carbocycles. The van der Waals surface area contributed by atoms with E-state index >= 15 is 0 Å². The lowest BCUT2D eigenvalue weighted by Gasteiger charge is -2.15. The molecule has 1 aromatic heterocycles. The highest BCUT2D eigenvalue weighted by molar-refractivity contribution is 7.15. The van der Waals surface area contributed by atoms with E-state index in [1.807, 2.05) is 20.9 Å². The van der Waals surface area contributed by atoms with Crippen LogP contribution in [0.25, 0.3) is 0 Å². The average molecular weight is 298 g/mol. The van der Waals surface area contributed by atoms with Crippen molar-refractivity contribution >= 4 is 22.4 Å². The van der Waals surface area contributed by atoms with Crippen LogP contribution in [0.15, 0.2) is 0 Å². The summed E-state index contributed by atoms with van der Waals surface area (Å²) in [5.74, 6) is -0.310. The smallest absolute Gasteiger partial charge is 0.315 e. The molecule has 0 spiro atoms. The number of anilines is 1. The van der Waals surface area contributed by atoms with Crippen molar-refractivity contribution in [2.24, 2.45) is 0 Å². The summed E-state index contributed by atoms with van der Waals surface area (Å²) in [6, 6.07) is 0. The fraction of sp³-hybridized carbons (Fsp3) is 0.714. The minimum absolute atomic E-state index is 0.139. The third-order valence-corrected chi connectivity index (χ3v) is 4.62. The van der Waals surface area contributed by atoms with Gasteiger partial charge in [-0.25, -0.2) is 4.98 Å². The van der Waals surface area contributed by atoms with Crippen LogP contribution in [0.1, 0.15) is 36.8 Å². The van der Waals surface area contributed by atoms with Crippen LogP contribution < -0.4 is 4.90 Å². The Morgan fingerprint density at radius 1 is 1.45 bits per heavy atom. The lowest BCUT2D eigenvalue weighted by Crippen LogP contribution is -2.22. The predicted molar refractivity (Wildman–Crippen MR) is 79.6 cm³/mol. The number of likely N-dealkylation sites (N-methyl/N-ethyl adjacent to an activating group) is 1. The third kappa shape index (κ3) is 3.30. The zero-order valence-electron chi connectivity index (χ0n) is 12.3. The summed E-state index contributed by atoms with van der Waals surface area (Å²) in [6.07, 6.45) is 1.76. The van der Waals surface area contributed by atoms with Crippen molar-refractivity contribution in [1.29, 1.82) is 0 Å². The Kier molecular flexibility index (Phi) is 5.37. The number of aromatic nitrogens is 1. The summed E-state index contributed by atoms with van der Waals surface area (Å²) in [5.41, 5.74) is 0.923. The second-order valence-corrected chi connectivity index (χ2v) is 5.83. The average Bonchev–Trinajstić information content (AvgIpc) is 2.98. The van der Waals surface area contributed by atoms with Crippen molar-refractivity contribution in [3.63, 3.8) is 0 Å². The molecule has 1 aliphatic rings. The van der Waals surface area contributed by atoms with Crippen LogP contribution in [0.4, 0.5) is 5.13 Å². The number of esters is 1. The van der Waals surface area contributed by atoms with Crippen molar-refractivity contribution in [2.45, 2.75) is 32.6 Å². The molecule has 1 aromatic rings. The molecule has 0 fully saturated rings. The molecule has 0 aliphatic heterocycles. The molecule has 0 saturated carbocycles. The van der Waals surface area contributed by atoms with Crippen molar-refractivity contribution in [3.8, 4) is 0 Å². The topological polar surface area (TPSA) is 51.7 Å². The first-order valence-electron chi connectivity index (χ1n) is 7.12. The molecule has 6 heteroatoms. The van der Waals surface area contributed by atoms with Crippen molar-refractivity contribution in [1.82, 2.24) is 4.98 Å². The molecule has 1 atom stereocenters. The molecule has 0 aromatic carbocycles. The Balaban J connectivity index is 2.02. The Morgan fingerprint density at radius 2 is 2.25 bits per heavy atom. The normalized spacial score (nSPS) is 17.1. The fourth-order valence-electron chi connectivity index (χ4n) is 2.29. The summed E-state index contributed by atoms with van der Waals surface area (Å²) in [4.78, 5) is 19.9. The van der Waals surface area contributed by atoms with Gasteiger partial charge in [-0.3, -0.25) is 4.79 Å². The van der Waals surface area contributed by atoms with Gasteiger partial charge in [0.05, 0.1) is 18.9 Å². The first kappa shape index (κ1) is 15.3. The zero-order valence-corrected chi connectivity index (χ0v) is 13.2. The first-order valence-corrected chi connectivity index (χ1v) is 7.94. The largest absolute Gasteiger partial charge is 0.465 e. The molecule has 2 rings (SSSR count). The van der Waals surface area contributed by atoms with Crippen LogP contribution in [0.3, 0.4) is 0 Å². The van der Waals surface area contributed by atoms with Gasteiger partial charge in [0.1, 0.15) is 5.92 Å². The molecule has 1 unspecified atom stereocenters. The standard InChI is InChI=1S/C14H22N2O3S/c1-4-18-9-8-16(3)14-15-12-10(13(17)19-5-2)6-7-11(12)20-14/h10H,4-9H2,1-3H3. The second kappa shape index (κ2) is 7.04. The minimum atomic E-state index is -0.171. The van der Waals surface area contributed by atoms with E-state index in [1.165, 1.54) is 4.88 Å². The molecule has 0 radical (unpaired) electrons. The van der Waals surface area contributed by atoms with Crippen LogP contribution in [0, 0.1) is 0 Å². The van der Waals surface area contributed by atoms with Gasteiger partial charge < -0.3 is 14.4 Å². The molecule has 0 saturated heterocycles. The van der Waals surface area contributed by atoms with Gasteiger partial charge in [-0.1, -0.05) is 0 Å². The number of ether oxygens (including phenoxy) is 2. The Bertz CT molecular complexity index is 461. The number of aryl methyl sites for hydroxylation is 1. The summed E-state index contributed by atoms with van der Waals surface area (Å²) < 4.78 is 10.5. The summed E-state index contributed by atoms with van der Waals surface area (Å²) >= 11 is 1.68. The number of rotatable bonds is 7. The fourth-order valence-corrected chi connectivity index (χ4v) is 3.42. The van der Waals surface area contributed by atoms with E-state index in [4.69, 9.17) is 9.47 Å². The van der Waals surface area contributed by atoms with Crippen molar-refractivity contribution < 1.29 is 14.3 Å². The maximum atomic E-state index is 11.9. The highest BCUT2D eigenvalue weighted by atomic mass is 32.1. The van der Waals surface area contributed by atoms with Gasteiger partial charge in [0.15, 0.2) is 5.13 Å². The summed E-state index contributed by atoms with van der Waals surface area (Å²) in [6.45, 7) is 6.48. The van der Waals surface area contributed by atoms with Crippen LogP contribution in [0.5, 0.6) is 0 Å². The van der Waals surface area contributed by atoms with Gasteiger partial charge in [-0.05, 0) is 26.7 Å². The van der Waals surface area contributed by atoms with Gasteiger partial charge in [-0.2, -0.15) is 0 Å². The number of carbonyl (C=O) groups is 1. The molecule has 0 bridgehead atoms. The number of nitrogens with zero attached hydrogens (tertiary/aromatic N) is 2. The molecule has 0 N–H and O–H groups in total. The number of thiazole rings is 1. The lowest BCUT2D eigenvalue weighted by atomic mass is 10.1. The maximum Gasteiger partial charge on any atom is 0.315 e. The Hall–Kier alpha value is -1.14. The SMILES string of the molecule is CCOCCN(C)c1nc2c(s1)CCC2C(=O)OCC. The van der Waals surface area contributed by atoms with Crippen LogP contribution in [-0.2, 0) is 20.7 Å². The monoisotopic (exact) mass is 298 g/mol. The highest BCUT2D eigenvalue weighted by Crippen LogP contribution is 2.39. The second-order valence-electron chi connectivity index (χ2n) is 4.77. The van der Waals surface area contributed by atoms with E-state index < -0.39 is 0 Å². The Morgan fingerprint density at radius 3 is 2.95 bits per heavy atom. The van der Waals surface area contributed by atoms with Crippen LogP contribution >= 0.6 is 11.3 Å². The predicted octanol–water partition coefficient (Wildman–Crippen LogP) is 2.21. The molecule has 112 valence electrons. The zero-order chi connectivity index (χ0) is 14.5. The summed E-state index contributed by atoms with van der Waals surface area (Å²) in [5, 5.41) is 0.962. The van der Waals surface area contributed by atoms with Gasteiger partial charge >= 0.3 is 5.97 Å². The van der Waals surface area contributed by atoms with E-state index in [0.29, 0.717) is 13.2 Å². The van der Waals surface area contributed by atoms with E-state index in [0.717, 1.165) is 36.8 Å². The van der Waals surface area contributed by atoms with Crippen molar-refractivity contribution in [2.75, 3.05) is 38.3 Å². The maximum absolute atomic E-state index is 11.9. The first-order chi connectivity index (χ1) is 9.67. The van der Waals surface area contributed by atoms with E-state index in [2.05, 4.69) is 9.88 Å². The molecule has 0 amide bonds. The van der Waals surface area contributed by atoms with Crippen LogP contribution in [0.2, 0.25) is 0 Å². The number of hydrogen-bond donors (Lipinski definition) is 0. The van der Waals surface area contributed by atoms with E-state index in [9.17, 15) is 4.79 Å². The minimum Gasteiger partial charge on any atom is -0.465 e.